The number of nitrogens with two attached hydrogens (primary N) is 1. The van der Waals surface area contributed by atoms with Gasteiger partial charge in [-0.05, 0) is 13.0 Å². The molecule has 2 aromatic heterocycles. The van der Waals surface area contributed by atoms with Gasteiger partial charge >= 0.3 is 5.69 Å². The van der Waals surface area contributed by atoms with Crippen LogP contribution in [0.15, 0.2) is 34.1 Å². The fourth-order valence-corrected chi connectivity index (χ4v) is 1.88. The number of hydrogen-bond donors (Lipinski definition) is 1. The van der Waals surface area contributed by atoms with Gasteiger partial charge in [0.05, 0.1) is 6.54 Å². The zero-order valence-corrected chi connectivity index (χ0v) is 10.9. The van der Waals surface area contributed by atoms with E-state index in [2.05, 4.69) is 4.98 Å². The van der Waals surface area contributed by atoms with E-state index >= 15 is 0 Å². The van der Waals surface area contributed by atoms with Crippen molar-refractivity contribution in [1.82, 2.24) is 14.1 Å². The molecule has 0 spiro atoms. The van der Waals surface area contributed by atoms with Gasteiger partial charge in [-0.2, -0.15) is 5.26 Å². The van der Waals surface area contributed by atoms with Gasteiger partial charge in [-0.15, -0.1) is 0 Å². The molecule has 0 saturated heterocycles. The Labute approximate surface area is 114 Å². The fourth-order valence-electron chi connectivity index (χ4n) is 1.88. The molecule has 2 N–H and O–H groups in total. The lowest BCUT2D eigenvalue weighted by Crippen LogP contribution is -2.40. The summed E-state index contributed by atoms with van der Waals surface area (Å²) in [6, 6.07) is 5.23. The SMILES string of the molecule is CCn1cc(N)c(=O)n(Cc2cccnc2C#N)c1=O. The first-order valence-corrected chi connectivity index (χ1v) is 6.02. The third-order valence-electron chi connectivity index (χ3n) is 2.93. The topological polar surface area (TPSA) is 107 Å². The van der Waals surface area contributed by atoms with Crippen molar-refractivity contribution in [2.24, 2.45) is 0 Å². The van der Waals surface area contributed by atoms with Gasteiger partial charge in [-0.25, -0.2) is 9.78 Å². The zero-order valence-electron chi connectivity index (χ0n) is 10.9. The van der Waals surface area contributed by atoms with Crippen LogP contribution in [0.25, 0.3) is 0 Å². The van der Waals surface area contributed by atoms with Crippen LogP contribution in [-0.4, -0.2) is 14.1 Å². The Kier molecular flexibility index (Phi) is 3.66. The smallest absolute Gasteiger partial charge is 0.331 e. The number of hydrogen-bond acceptors (Lipinski definition) is 5. The number of anilines is 1. The molecule has 0 unspecified atom stereocenters. The minimum atomic E-state index is -0.563. The predicted octanol–water partition coefficient (Wildman–Crippen LogP) is -0.0729. The van der Waals surface area contributed by atoms with E-state index in [4.69, 9.17) is 11.0 Å². The van der Waals surface area contributed by atoms with E-state index in [-0.39, 0.29) is 17.9 Å². The molecule has 0 aromatic carbocycles. The summed E-state index contributed by atoms with van der Waals surface area (Å²) in [5.74, 6) is 0. The van der Waals surface area contributed by atoms with Gasteiger partial charge in [0.15, 0.2) is 0 Å². The van der Waals surface area contributed by atoms with E-state index in [1.165, 1.54) is 17.0 Å². The highest BCUT2D eigenvalue weighted by molar-refractivity contribution is 5.33. The van der Waals surface area contributed by atoms with Gasteiger partial charge in [0.1, 0.15) is 17.5 Å². The largest absolute Gasteiger partial charge is 0.393 e. The number of nitrogens with zero attached hydrogens (tertiary/aromatic N) is 4. The number of pyridine rings is 1. The first kappa shape index (κ1) is 13.5. The molecule has 0 atom stereocenters. The summed E-state index contributed by atoms with van der Waals surface area (Å²) in [5, 5.41) is 8.98. The number of nitrogen functional groups attached to an aromatic ring is 1. The van der Waals surface area contributed by atoms with Gasteiger partial charge in [-0.3, -0.25) is 13.9 Å². The van der Waals surface area contributed by atoms with E-state index in [1.54, 1.807) is 19.1 Å². The molecule has 0 bridgehead atoms. The van der Waals surface area contributed by atoms with Crippen LogP contribution >= 0.6 is 0 Å². The minimum absolute atomic E-state index is 0.00570. The van der Waals surface area contributed by atoms with E-state index in [1.807, 2.05) is 6.07 Å². The molecule has 0 aliphatic carbocycles. The minimum Gasteiger partial charge on any atom is -0.393 e. The van der Waals surface area contributed by atoms with Crippen molar-refractivity contribution in [1.29, 1.82) is 5.26 Å². The summed E-state index contributed by atoms with van der Waals surface area (Å²) in [6.07, 6.45) is 2.81. The second kappa shape index (κ2) is 5.40. The third kappa shape index (κ3) is 2.31. The average molecular weight is 271 g/mol. The Bertz CT molecular complexity index is 798. The van der Waals surface area contributed by atoms with Crippen molar-refractivity contribution in [2.45, 2.75) is 20.0 Å². The van der Waals surface area contributed by atoms with Crippen molar-refractivity contribution < 1.29 is 0 Å². The quantitative estimate of drug-likeness (QED) is 0.840. The van der Waals surface area contributed by atoms with Crippen molar-refractivity contribution >= 4 is 5.69 Å². The first-order valence-electron chi connectivity index (χ1n) is 6.02. The summed E-state index contributed by atoms with van der Waals surface area (Å²) in [4.78, 5) is 28.0. The first-order chi connectivity index (χ1) is 9.58. The van der Waals surface area contributed by atoms with Crippen LogP contribution in [-0.2, 0) is 13.1 Å². The molecular weight excluding hydrogens is 258 g/mol. The number of aryl methyl sites for hydroxylation is 1. The molecule has 0 aliphatic rings. The predicted molar refractivity (Wildman–Crippen MR) is 73.1 cm³/mol. The van der Waals surface area contributed by atoms with Crippen LogP contribution in [0.5, 0.6) is 0 Å². The number of aromatic nitrogens is 3. The van der Waals surface area contributed by atoms with Crippen LogP contribution in [0.1, 0.15) is 18.2 Å². The summed E-state index contributed by atoms with van der Waals surface area (Å²) in [7, 11) is 0. The summed E-state index contributed by atoms with van der Waals surface area (Å²) in [6.45, 7) is 2.15. The van der Waals surface area contributed by atoms with E-state index < -0.39 is 11.2 Å². The molecule has 0 saturated carbocycles. The molecule has 2 heterocycles. The summed E-state index contributed by atoms with van der Waals surface area (Å²) in [5.41, 5.74) is 5.28. The summed E-state index contributed by atoms with van der Waals surface area (Å²) < 4.78 is 2.36. The van der Waals surface area contributed by atoms with Crippen LogP contribution in [0.4, 0.5) is 5.69 Å². The van der Waals surface area contributed by atoms with Gasteiger partial charge in [0.2, 0.25) is 0 Å². The Morgan fingerprint density at radius 2 is 2.20 bits per heavy atom. The second-order valence-corrected chi connectivity index (χ2v) is 4.17. The van der Waals surface area contributed by atoms with Crippen LogP contribution in [0.2, 0.25) is 0 Å². The van der Waals surface area contributed by atoms with Crippen molar-refractivity contribution in [2.75, 3.05) is 5.73 Å². The fraction of sp³-hybridized carbons (Fsp3) is 0.231. The Hall–Kier alpha value is -2.88. The molecule has 0 radical (unpaired) electrons. The molecule has 20 heavy (non-hydrogen) atoms. The van der Waals surface area contributed by atoms with Crippen molar-refractivity contribution in [3.63, 3.8) is 0 Å². The molecule has 2 aromatic rings. The van der Waals surface area contributed by atoms with Crippen LogP contribution < -0.4 is 17.0 Å². The maximum absolute atomic E-state index is 12.1. The summed E-state index contributed by atoms with van der Waals surface area (Å²) >= 11 is 0. The van der Waals surface area contributed by atoms with E-state index in [9.17, 15) is 9.59 Å². The van der Waals surface area contributed by atoms with Gasteiger partial charge in [-0.1, -0.05) is 6.07 Å². The molecule has 0 aliphatic heterocycles. The van der Waals surface area contributed by atoms with Gasteiger partial charge in [0, 0.05) is 24.5 Å². The number of nitriles is 1. The average Bonchev–Trinajstić information content (AvgIpc) is 2.47. The lowest BCUT2D eigenvalue weighted by atomic mass is 10.2. The lowest BCUT2D eigenvalue weighted by Gasteiger charge is -2.10. The Morgan fingerprint density at radius 1 is 1.45 bits per heavy atom. The maximum Gasteiger partial charge on any atom is 0.331 e. The van der Waals surface area contributed by atoms with Crippen molar-refractivity contribution in [3.05, 3.63) is 56.6 Å². The molecule has 102 valence electrons. The molecule has 0 fully saturated rings. The highest BCUT2D eigenvalue weighted by atomic mass is 16.2. The molecule has 0 amide bonds. The zero-order chi connectivity index (χ0) is 14.7. The Balaban J connectivity index is 2.60. The molecular formula is C13H13N5O2. The van der Waals surface area contributed by atoms with Gasteiger partial charge in [0.25, 0.3) is 5.56 Å². The second-order valence-electron chi connectivity index (χ2n) is 4.17. The highest BCUT2D eigenvalue weighted by Gasteiger charge is 2.11. The van der Waals surface area contributed by atoms with Gasteiger partial charge < -0.3 is 5.73 Å². The Morgan fingerprint density at radius 3 is 2.85 bits per heavy atom. The van der Waals surface area contributed by atoms with Crippen LogP contribution in [0.3, 0.4) is 0 Å². The maximum atomic E-state index is 12.1. The normalized spacial score (nSPS) is 10.2. The van der Waals surface area contributed by atoms with Crippen molar-refractivity contribution in [3.8, 4) is 6.07 Å². The van der Waals surface area contributed by atoms with E-state index in [0.717, 1.165) is 4.57 Å². The molecule has 7 heteroatoms. The molecule has 7 nitrogen and oxygen atoms in total. The van der Waals surface area contributed by atoms with Crippen LogP contribution in [0, 0.1) is 11.3 Å². The highest BCUT2D eigenvalue weighted by Crippen LogP contribution is 2.04. The monoisotopic (exact) mass is 271 g/mol. The third-order valence-corrected chi connectivity index (χ3v) is 2.93. The number of rotatable bonds is 3. The van der Waals surface area contributed by atoms with E-state index in [0.29, 0.717) is 12.1 Å². The lowest BCUT2D eigenvalue weighted by molar-refractivity contribution is 0.602. The standard InChI is InChI=1S/C13H13N5O2/c1-2-17-8-10(15)12(19)18(13(17)20)7-9-4-3-5-16-11(9)6-14/h3-5,8H,2,7,15H2,1H3. The molecule has 2 rings (SSSR count).